The van der Waals surface area contributed by atoms with Crippen molar-refractivity contribution in [3.05, 3.63) is 16.8 Å². The van der Waals surface area contributed by atoms with Gasteiger partial charge in [-0.2, -0.15) is 13.2 Å². The summed E-state index contributed by atoms with van der Waals surface area (Å²) in [6.45, 7) is 4.10. The third-order valence-corrected chi connectivity index (χ3v) is 5.53. The van der Waals surface area contributed by atoms with Crippen LogP contribution in [0.25, 0.3) is 10.2 Å². The van der Waals surface area contributed by atoms with Gasteiger partial charge in [0.15, 0.2) is 0 Å². The molecule has 1 aliphatic heterocycles. The zero-order valence-electron chi connectivity index (χ0n) is 13.9. The number of hydrogen-bond acceptors (Lipinski definition) is 6. The minimum absolute atomic E-state index is 0.125. The summed E-state index contributed by atoms with van der Waals surface area (Å²) in [5.74, 6) is -1.35. The number of ether oxygens (including phenoxy) is 1. The Labute approximate surface area is 146 Å². The zero-order chi connectivity index (χ0) is 18.2. The number of aryl methyl sites for hydroxylation is 1. The molecule has 136 valence electrons. The lowest BCUT2D eigenvalue weighted by atomic mass is 9.97. The number of anilines is 1. The zero-order valence-corrected chi connectivity index (χ0v) is 14.7. The molecule has 1 fully saturated rings. The highest BCUT2D eigenvalue weighted by Gasteiger charge is 2.42. The monoisotopic (exact) mass is 373 g/mol. The summed E-state index contributed by atoms with van der Waals surface area (Å²) in [5.41, 5.74) is 0.656. The fourth-order valence-corrected chi connectivity index (χ4v) is 4.16. The van der Waals surface area contributed by atoms with Gasteiger partial charge in [0.25, 0.3) is 0 Å². The number of esters is 1. The first-order valence-corrected chi connectivity index (χ1v) is 8.87. The topological polar surface area (TPSA) is 55.3 Å². The van der Waals surface area contributed by atoms with E-state index in [-0.39, 0.29) is 19.6 Å². The number of alkyl halides is 3. The second-order valence-electron chi connectivity index (χ2n) is 5.98. The number of carbonyl (C=O) groups is 1. The average molecular weight is 373 g/mol. The number of halogens is 3. The van der Waals surface area contributed by atoms with Crippen molar-refractivity contribution in [1.29, 1.82) is 0 Å². The van der Waals surface area contributed by atoms with Crippen LogP contribution in [0, 0.1) is 12.8 Å². The second kappa shape index (κ2) is 6.78. The number of fused-ring (bicyclic) bond motifs is 1. The van der Waals surface area contributed by atoms with E-state index in [2.05, 4.69) is 9.97 Å². The van der Waals surface area contributed by atoms with Crippen molar-refractivity contribution in [2.75, 3.05) is 24.6 Å². The molecule has 1 saturated heterocycles. The fourth-order valence-electron chi connectivity index (χ4n) is 3.12. The molecule has 0 radical (unpaired) electrons. The molecular weight excluding hydrogens is 355 g/mol. The van der Waals surface area contributed by atoms with Gasteiger partial charge in [-0.1, -0.05) is 0 Å². The van der Waals surface area contributed by atoms with Gasteiger partial charge in [-0.05, 0) is 32.3 Å². The summed E-state index contributed by atoms with van der Waals surface area (Å²) in [7, 11) is 0. The van der Waals surface area contributed by atoms with E-state index in [1.807, 2.05) is 0 Å². The largest absolute Gasteiger partial charge is 0.462 e. The Bertz CT molecular complexity index is 791. The van der Waals surface area contributed by atoms with Crippen LogP contribution in [-0.2, 0) is 4.74 Å². The van der Waals surface area contributed by atoms with Gasteiger partial charge in [0.2, 0.25) is 0 Å². The first-order valence-electron chi connectivity index (χ1n) is 8.05. The van der Waals surface area contributed by atoms with Gasteiger partial charge >= 0.3 is 12.1 Å². The average Bonchev–Trinajstić information content (AvgIpc) is 2.92. The van der Waals surface area contributed by atoms with Crippen LogP contribution < -0.4 is 4.90 Å². The van der Waals surface area contributed by atoms with Gasteiger partial charge in [0, 0.05) is 13.1 Å². The van der Waals surface area contributed by atoms with Crippen LogP contribution in [-0.4, -0.2) is 41.8 Å². The Morgan fingerprint density at radius 1 is 1.44 bits per heavy atom. The summed E-state index contributed by atoms with van der Waals surface area (Å²) < 4.78 is 44.3. The van der Waals surface area contributed by atoms with Crippen LogP contribution in [0.4, 0.5) is 19.0 Å². The highest BCUT2D eigenvalue weighted by molar-refractivity contribution is 7.20. The summed E-state index contributed by atoms with van der Waals surface area (Å²) in [4.78, 5) is 23.1. The van der Waals surface area contributed by atoms with Gasteiger partial charge in [-0.3, -0.25) is 0 Å². The van der Waals surface area contributed by atoms with Gasteiger partial charge < -0.3 is 9.64 Å². The van der Waals surface area contributed by atoms with Crippen molar-refractivity contribution in [3.8, 4) is 0 Å². The molecule has 0 spiro atoms. The number of hydrogen-bond donors (Lipinski definition) is 0. The maximum atomic E-state index is 13.1. The Balaban J connectivity index is 2.01. The summed E-state index contributed by atoms with van der Waals surface area (Å²) in [6, 6.07) is 0. The molecule has 0 N–H and O–H groups in total. The van der Waals surface area contributed by atoms with Crippen LogP contribution in [0.15, 0.2) is 6.33 Å². The molecule has 25 heavy (non-hydrogen) atoms. The molecule has 9 heteroatoms. The fraction of sp³-hybridized carbons (Fsp3) is 0.562. The summed E-state index contributed by atoms with van der Waals surface area (Å²) in [5, 5.41) is 0.637. The summed E-state index contributed by atoms with van der Waals surface area (Å²) in [6.07, 6.45) is -2.31. The molecule has 0 amide bonds. The highest BCUT2D eigenvalue weighted by Crippen LogP contribution is 2.39. The van der Waals surface area contributed by atoms with Crippen LogP contribution in [0.3, 0.4) is 0 Å². The van der Waals surface area contributed by atoms with Crippen molar-refractivity contribution in [3.63, 3.8) is 0 Å². The van der Waals surface area contributed by atoms with Crippen LogP contribution in [0.1, 0.15) is 35.0 Å². The van der Waals surface area contributed by atoms with Crippen molar-refractivity contribution in [2.24, 2.45) is 5.92 Å². The van der Waals surface area contributed by atoms with E-state index in [0.717, 1.165) is 0 Å². The molecule has 0 saturated carbocycles. The standard InChI is InChI=1S/C16H18F3N3O2S/c1-3-24-15(23)12-9(2)11-13(20-8-21-14(11)25-12)22-6-4-5-10(7-22)16(17,18)19/h8,10H,3-7H2,1-2H3. The molecular formula is C16H18F3N3O2S. The van der Waals surface area contributed by atoms with E-state index in [9.17, 15) is 18.0 Å². The first kappa shape index (κ1) is 17.9. The number of thiophene rings is 1. The van der Waals surface area contributed by atoms with Crippen LogP contribution in [0.2, 0.25) is 0 Å². The van der Waals surface area contributed by atoms with E-state index in [1.54, 1.807) is 18.7 Å². The minimum atomic E-state index is -4.22. The number of piperidine rings is 1. The smallest absolute Gasteiger partial charge is 0.393 e. The molecule has 2 aromatic rings. The second-order valence-corrected chi connectivity index (χ2v) is 6.98. The first-order chi connectivity index (χ1) is 11.8. The third kappa shape index (κ3) is 3.42. The molecule has 1 unspecified atom stereocenters. The number of aromatic nitrogens is 2. The molecule has 3 rings (SSSR count). The lowest BCUT2D eigenvalue weighted by molar-refractivity contribution is -0.176. The maximum absolute atomic E-state index is 13.1. The van der Waals surface area contributed by atoms with Crippen LogP contribution in [0.5, 0.6) is 0 Å². The SMILES string of the molecule is CCOC(=O)c1sc2ncnc(N3CCCC(C(F)(F)F)C3)c2c1C. The molecule has 0 bridgehead atoms. The summed E-state index contributed by atoms with van der Waals surface area (Å²) >= 11 is 1.18. The minimum Gasteiger partial charge on any atom is -0.462 e. The van der Waals surface area contributed by atoms with E-state index in [1.165, 1.54) is 17.7 Å². The Hall–Kier alpha value is -1.90. The number of rotatable bonds is 3. The van der Waals surface area contributed by atoms with E-state index in [4.69, 9.17) is 4.74 Å². The Kier molecular flexibility index (Phi) is 4.86. The molecule has 1 aliphatic rings. The van der Waals surface area contributed by atoms with Crippen molar-refractivity contribution in [1.82, 2.24) is 9.97 Å². The lowest BCUT2D eigenvalue weighted by Gasteiger charge is -2.34. The third-order valence-electron chi connectivity index (χ3n) is 4.35. The normalized spacial score (nSPS) is 18.6. The van der Waals surface area contributed by atoms with Gasteiger partial charge in [0.1, 0.15) is 21.9 Å². The molecule has 0 aliphatic carbocycles. The Morgan fingerprint density at radius 2 is 2.20 bits per heavy atom. The van der Waals surface area contributed by atoms with E-state index in [0.29, 0.717) is 39.4 Å². The van der Waals surface area contributed by atoms with Crippen molar-refractivity contribution >= 4 is 33.3 Å². The van der Waals surface area contributed by atoms with Crippen LogP contribution >= 0.6 is 11.3 Å². The van der Waals surface area contributed by atoms with E-state index < -0.39 is 18.1 Å². The van der Waals surface area contributed by atoms with Crippen molar-refractivity contribution in [2.45, 2.75) is 32.9 Å². The molecule has 3 heterocycles. The maximum Gasteiger partial charge on any atom is 0.393 e. The van der Waals surface area contributed by atoms with Gasteiger partial charge in [-0.15, -0.1) is 11.3 Å². The highest BCUT2D eigenvalue weighted by atomic mass is 32.1. The number of nitrogens with zero attached hydrogens (tertiary/aromatic N) is 3. The Morgan fingerprint density at radius 3 is 2.88 bits per heavy atom. The van der Waals surface area contributed by atoms with Gasteiger partial charge in [-0.25, -0.2) is 14.8 Å². The predicted molar refractivity (Wildman–Crippen MR) is 89.1 cm³/mol. The predicted octanol–water partition coefficient (Wildman–Crippen LogP) is 3.96. The molecule has 0 aromatic carbocycles. The molecule has 1 atom stereocenters. The number of carbonyl (C=O) groups excluding carboxylic acids is 1. The molecule has 5 nitrogen and oxygen atoms in total. The lowest BCUT2D eigenvalue weighted by Crippen LogP contribution is -2.42. The van der Waals surface area contributed by atoms with Gasteiger partial charge in [0.05, 0.1) is 17.9 Å². The quantitative estimate of drug-likeness (QED) is 0.763. The molecule has 2 aromatic heterocycles. The van der Waals surface area contributed by atoms with E-state index >= 15 is 0 Å². The van der Waals surface area contributed by atoms with Crippen molar-refractivity contribution < 1.29 is 22.7 Å².